The quantitative estimate of drug-likeness (QED) is 0.894. The monoisotopic (exact) mass is 259 g/mol. The number of hydrogen-bond donors (Lipinski definition) is 1. The van der Waals surface area contributed by atoms with Crippen LogP contribution < -0.4 is 5.32 Å². The second-order valence-corrected chi connectivity index (χ2v) is 5.30. The number of anilines is 1. The van der Waals surface area contributed by atoms with Gasteiger partial charge in [-0.25, -0.2) is 0 Å². The summed E-state index contributed by atoms with van der Waals surface area (Å²) in [5.74, 6) is 0.609. The van der Waals surface area contributed by atoms with Gasteiger partial charge in [-0.2, -0.15) is 10.4 Å². The van der Waals surface area contributed by atoms with Gasteiger partial charge < -0.3 is 10.2 Å². The molecule has 2 heterocycles. The molecule has 19 heavy (non-hydrogen) atoms. The lowest BCUT2D eigenvalue weighted by Gasteiger charge is -2.22. The van der Waals surface area contributed by atoms with E-state index >= 15 is 0 Å². The molecule has 0 radical (unpaired) electrons. The van der Waals surface area contributed by atoms with E-state index in [0.717, 1.165) is 17.8 Å². The first-order valence-corrected chi connectivity index (χ1v) is 6.84. The van der Waals surface area contributed by atoms with Gasteiger partial charge in [-0.15, -0.1) is 5.10 Å². The van der Waals surface area contributed by atoms with Gasteiger partial charge in [0.1, 0.15) is 11.6 Å². The van der Waals surface area contributed by atoms with E-state index in [2.05, 4.69) is 33.4 Å². The number of nitrogens with one attached hydrogen (secondary N) is 1. The Morgan fingerprint density at radius 1 is 1.32 bits per heavy atom. The Morgan fingerprint density at radius 2 is 2.00 bits per heavy atom. The van der Waals surface area contributed by atoms with Gasteiger partial charge in [0.25, 0.3) is 0 Å². The van der Waals surface area contributed by atoms with E-state index in [4.69, 9.17) is 0 Å². The first-order valence-electron chi connectivity index (χ1n) is 6.84. The molecule has 0 bridgehead atoms. The summed E-state index contributed by atoms with van der Waals surface area (Å²) >= 11 is 0. The van der Waals surface area contributed by atoms with E-state index in [9.17, 15) is 5.26 Å². The summed E-state index contributed by atoms with van der Waals surface area (Å²) in [5.41, 5.74) is 2.34. The predicted molar refractivity (Wildman–Crippen MR) is 75.0 cm³/mol. The lowest BCUT2D eigenvalue weighted by molar-refractivity contribution is 0.327. The summed E-state index contributed by atoms with van der Waals surface area (Å²) in [6.45, 7) is 9.25. The summed E-state index contributed by atoms with van der Waals surface area (Å²) in [7, 11) is 0. The molecule has 1 aliphatic rings. The van der Waals surface area contributed by atoms with Gasteiger partial charge in [-0.3, -0.25) is 0 Å². The molecule has 2 rings (SSSR count). The minimum Gasteiger partial charge on any atom is -0.364 e. The molecular formula is C14H21N5. The molecule has 0 aliphatic carbocycles. The van der Waals surface area contributed by atoms with Crippen LogP contribution in [0.3, 0.4) is 0 Å². The zero-order chi connectivity index (χ0) is 13.8. The van der Waals surface area contributed by atoms with Crippen LogP contribution >= 0.6 is 0 Å². The van der Waals surface area contributed by atoms with Crippen LogP contribution in [0, 0.1) is 25.2 Å². The summed E-state index contributed by atoms with van der Waals surface area (Å²) in [5, 5.41) is 20.8. The van der Waals surface area contributed by atoms with E-state index < -0.39 is 0 Å². The highest BCUT2D eigenvalue weighted by molar-refractivity contribution is 5.56. The standard InChI is InChI=1S/C14H21N5/c1-10(9-19-6-4-5-7-19)16-14-13(8-15)11(2)12(3)17-18-14/h10H,4-7,9H2,1-3H3,(H,16,18). The van der Waals surface area contributed by atoms with Gasteiger partial charge in [0.2, 0.25) is 0 Å². The number of rotatable bonds is 4. The largest absolute Gasteiger partial charge is 0.364 e. The topological polar surface area (TPSA) is 64.8 Å². The maximum absolute atomic E-state index is 9.25. The highest BCUT2D eigenvalue weighted by Crippen LogP contribution is 2.18. The van der Waals surface area contributed by atoms with Crippen LogP contribution in [0.25, 0.3) is 0 Å². The third-order valence-corrected chi connectivity index (χ3v) is 3.68. The molecule has 0 aromatic carbocycles. The second kappa shape index (κ2) is 5.98. The zero-order valence-electron chi connectivity index (χ0n) is 11.9. The zero-order valence-corrected chi connectivity index (χ0v) is 11.9. The first-order chi connectivity index (χ1) is 9.11. The highest BCUT2D eigenvalue weighted by atomic mass is 15.2. The van der Waals surface area contributed by atoms with Crippen LogP contribution in [0.2, 0.25) is 0 Å². The van der Waals surface area contributed by atoms with Crippen molar-refractivity contribution in [2.45, 2.75) is 39.7 Å². The molecule has 0 amide bonds. The molecule has 5 heteroatoms. The fourth-order valence-electron chi connectivity index (χ4n) is 2.48. The number of hydrogen-bond acceptors (Lipinski definition) is 5. The molecule has 0 spiro atoms. The maximum atomic E-state index is 9.25. The van der Waals surface area contributed by atoms with Crippen molar-refractivity contribution in [3.63, 3.8) is 0 Å². The molecule has 1 aromatic heterocycles. The van der Waals surface area contributed by atoms with Crippen LogP contribution in [-0.2, 0) is 0 Å². The molecule has 1 saturated heterocycles. The third kappa shape index (κ3) is 3.21. The lowest BCUT2D eigenvalue weighted by Crippen LogP contribution is -2.33. The van der Waals surface area contributed by atoms with Crippen molar-refractivity contribution in [1.82, 2.24) is 15.1 Å². The number of nitriles is 1. The van der Waals surface area contributed by atoms with Gasteiger partial charge in [0.05, 0.1) is 5.69 Å². The minimum atomic E-state index is 0.265. The van der Waals surface area contributed by atoms with E-state index in [0.29, 0.717) is 11.4 Å². The fraction of sp³-hybridized carbons (Fsp3) is 0.643. The van der Waals surface area contributed by atoms with Crippen LogP contribution in [0.15, 0.2) is 0 Å². The van der Waals surface area contributed by atoms with Crippen molar-refractivity contribution in [3.05, 3.63) is 16.8 Å². The Kier molecular flexibility index (Phi) is 4.33. The van der Waals surface area contributed by atoms with Crippen molar-refractivity contribution >= 4 is 5.82 Å². The average Bonchev–Trinajstić information content (AvgIpc) is 2.87. The second-order valence-electron chi connectivity index (χ2n) is 5.30. The Balaban J connectivity index is 2.06. The molecule has 1 aliphatic heterocycles. The van der Waals surface area contributed by atoms with E-state index in [1.165, 1.54) is 25.9 Å². The SMILES string of the molecule is Cc1nnc(NC(C)CN2CCCC2)c(C#N)c1C. The number of aromatic nitrogens is 2. The van der Waals surface area contributed by atoms with Gasteiger partial charge in [-0.1, -0.05) is 0 Å². The van der Waals surface area contributed by atoms with Crippen molar-refractivity contribution in [3.8, 4) is 6.07 Å². The molecule has 1 aromatic rings. The normalized spacial score (nSPS) is 17.2. The number of likely N-dealkylation sites (tertiary alicyclic amines) is 1. The summed E-state index contributed by atoms with van der Waals surface area (Å²) in [6, 6.07) is 2.49. The molecular weight excluding hydrogens is 238 g/mol. The van der Waals surface area contributed by atoms with Crippen LogP contribution in [0.1, 0.15) is 36.6 Å². The van der Waals surface area contributed by atoms with E-state index in [1.807, 2.05) is 13.8 Å². The van der Waals surface area contributed by atoms with Crippen molar-refractivity contribution < 1.29 is 0 Å². The predicted octanol–water partition coefficient (Wildman–Crippen LogP) is 1.86. The van der Waals surface area contributed by atoms with Gasteiger partial charge in [0.15, 0.2) is 5.82 Å². The van der Waals surface area contributed by atoms with Crippen molar-refractivity contribution in [2.24, 2.45) is 0 Å². The molecule has 5 nitrogen and oxygen atoms in total. The summed E-state index contributed by atoms with van der Waals surface area (Å²) in [6.07, 6.45) is 2.58. The Labute approximate surface area is 114 Å². The molecule has 1 atom stereocenters. The smallest absolute Gasteiger partial charge is 0.167 e. The fourth-order valence-corrected chi connectivity index (χ4v) is 2.48. The molecule has 1 N–H and O–H groups in total. The lowest BCUT2D eigenvalue weighted by atomic mass is 10.1. The minimum absolute atomic E-state index is 0.265. The number of aryl methyl sites for hydroxylation is 1. The number of nitrogens with zero attached hydrogens (tertiary/aromatic N) is 4. The van der Waals surface area contributed by atoms with Gasteiger partial charge in [0, 0.05) is 12.6 Å². The maximum Gasteiger partial charge on any atom is 0.167 e. The first kappa shape index (κ1) is 13.8. The Bertz CT molecular complexity index is 485. The molecule has 102 valence electrons. The Hall–Kier alpha value is -1.67. The highest BCUT2D eigenvalue weighted by Gasteiger charge is 2.17. The van der Waals surface area contributed by atoms with Gasteiger partial charge in [-0.05, 0) is 52.3 Å². The van der Waals surface area contributed by atoms with Gasteiger partial charge >= 0.3 is 0 Å². The van der Waals surface area contributed by atoms with Crippen LogP contribution in [0.4, 0.5) is 5.82 Å². The van der Waals surface area contributed by atoms with Crippen LogP contribution in [-0.4, -0.2) is 40.8 Å². The van der Waals surface area contributed by atoms with Crippen molar-refractivity contribution in [1.29, 1.82) is 5.26 Å². The van der Waals surface area contributed by atoms with Crippen LogP contribution in [0.5, 0.6) is 0 Å². The summed E-state index contributed by atoms with van der Waals surface area (Å²) in [4.78, 5) is 2.44. The average molecular weight is 259 g/mol. The molecule has 1 fully saturated rings. The van der Waals surface area contributed by atoms with E-state index in [1.54, 1.807) is 0 Å². The summed E-state index contributed by atoms with van der Waals surface area (Å²) < 4.78 is 0. The molecule has 1 unspecified atom stereocenters. The third-order valence-electron chi connectivity index (χ3n) is 3.68. The molecule has 0 saturated carbocycles. The van der Waals surface area contributed by atoms with Crippen molar-refractivity contribution in [2.75, 3.05) is 25.0 Å². The Morgan fingerprint density at radius 3 is 2.63 bits per heavy atom. The van der Waals surface area contributed by atoms with E-state index in [-0.39, 0.29) is 6.04 Å².